The Morgan fingerprint density at radius 2 is 2.32 bits per heavy atom. The van der Waals surface area contributed by atoms with E-state index in [0.29, 0.717) is 31.2 Å². The van der Waals surface area contributed by atoms with Crippen LogP contribution in [0.4, 0.5) is 0 Å². The van der Waals surface area contributed by atoms with Crippen LogP contribution >= 0.6 is 11.6 Å². The lowest BCUT2D eigenvalue weighted by Gasteiger charge is -2.15. The Bertz CT molecular complexity index is 699. The van der Waals surface area contributed by atoms with Crippen LogP contribution in [-0.2, 0) is 35.6 Å². The van der Waals surface area contributed by atoms with Crippen molar-refractivity contribution in [3.63, 3.8) is 0 Å². The van der Waals surface area contributed by atoms with Gasteiger partial charge in [-0.25, -0.2) is 0 Å². The summed E-state index contributed by atoms with van der Waals surface area (Å²) < 4.78 is 7.30. The molecule has 0 atom stereocenters. The number of nitrogens with zero attached hydrogens (tertiary/aromatic N) is 3. The van der Waals surface area contributed by atoms with Crippen LogP contribution in [0.2, 0.25) is 5.02 Å². The molecule has 22 heavy (non-hydrogen) atoms. The van der Waals surface area contributed by atoms with Gasteiger partial charge in [0.25, 0.3) is 0 Å². The Morgan fingerprint density at radius 3 is 3.14 bits per heavy atom. The molecule has 1 aliphatic rings. The van der Waals surface area contributed by atoms with Gasteiger partial charge in [0.15, 0.2) is 11.6 Å². The second-order valence-electron chi connectivity index (χ2n) is 5.27. The fraction of sp³-hybridized carbons (Fsp3) is 0.400. The van der Waals surface area contributed by atoms with E-state index in [9.17, 15) is 4.79 Å². The van der Waals surface area contributed by atoms with Gasteiger partial charge in [-0.1, -0.05) is 23.7 Å². The highest BCUT2D eigenvalue weighted by Gasteiger charge is 2.16. The predicted octanol–water partition coefficient (Wildman–Crippen LogP) is 1.63. The number of fused-ring (bicyclic) bond motifs is 1. The molecule has 0 radical (unpaired) electrons. The molecule has 0 saturated carbocycles. The van der Waals surface area contributed by atoms with E-state index in [0.717, 1.165) is 29.3 Å². The number of ether oxygens (including phenoxy) is 1. The van der Waals surface area contributed by atoms with Crippen LogP contribution in [0.5, 0.6) is 0 Å². The average Bonchev–Trinajstić information content (AvgIpc) is 2.92. The molecule has 1 amide bonds. The zero-order chi connectivity index (χ0) is 15.5. The van der Waals surface area contributed by atoms with Gasteiger partial charge in [0, 0.05) is 11.6 Å². The van der Waals surface area contributed by atoms with Crippen LogP contribution in [0.15, 0.2) is 18.2 Å². The number of aryl methyl sites for hydroxylation is 1. The van der Waals surface area contributed by atoms with Crippen molar-refractivity contribution in [1.82, 2.24) is 20.1 Å². The number of carbonyl (C=O) groups is 1. The van der Waals surface area contributed by atoms with E-state index < -0.39 is 0 Å². The molecule has 1 aromatic heterocycles. The molecule has 3 rings (SSSR count). The van der Waals surface area contributed by atoms with Crippen molar-refractivity contribution in [3.8, 4) is 0 Å². The fourth-order valence-electron chi connectivity index (χ4n) is 2.36. The van der Waals surface area contributed by atoms with E-state index in [4.69, 9.17) is 16.3 Å². The Hall–Kier alpha value is -1.92. The lowest BCUT2D eigenvalue weighted by Crippen LogP contribution is -2.27. The van der Waals surface area contributed by atoms with Crippen LogP contribution in [0.25, 0.3) is 0 Å². The minimum Gasteiger partial charge on any atom is -0.372 e. The molecule has 0 aliphatic carbocycles. The first-order valence-corrected chi connectivity index (χ1v) is 7.51. The summed E-state index contributed by atoms with van der Waals surface area (Å²) in [6.07, 6.45) is 0.296. The van der Waals surface area contributed by atoms with Gasteiger partial charge in [-0.05, 0) is 24.1 Å². The molecule has 6 nitrogen and oxygen atoms in total. The highest BCUT2D eigenvalue weighted by atomic mass is 35.5. The largest absolute Gasteiger partial charge is 0.372 e. The van der Waals surface area contributed by atoms with Crippen LogP contribution in [-0.4, -0.2) is 27.3 Å². The predicted molar refractivity (Wildman–Crippen MR) is 81.4 cm³/mol. The summed E-state index contributed by atoms with van der Waals surface area (Å²) in [5, 5.41) is 11.7. The third-order valence-corrected chi connectivity index (χ3v) is 4.05. The lowest BCUT2D eigenvalue weighted by molar-refractivity contribution is -0.120. The molecule has 1 N–H and O–H groups in total. The first kappa shape index (κ1) is 15.0. The molecular formula is C15H17ClN4O2. The van der Waals surface area contributed by atoms with E-state index in [1.165, 1.54) is 0 Å². The number of hydrogen-bond donors (Lipinski definition) is 1. The number of halogens is 1. The van der Waals surface area contributed by atoms with Gasteiger partial charge in [0.05, 0.1) is 19.6 Å². The van der Waals surface area contributed by atoms with Crippen LogP contribution < -0.4 is 5.32 Å². The molecule has 0 spiro atoms. The van der Waals surface area contributed by atoms with Crippen molar-refractivity contribution in [2.24, 2.45) is 0 Å². The quantitative estimate of drug-likeness (QED) is 0.929. The molecular weight excluding hydrogens is 304 g/mol. The molecule has 2 aromatic rings. The van der Waals surface area contributed by atoms with Crippen molar-refractivity contribution >= 4 is 17.5 Å². The van der Waals surface area contributed by atoms with E-state index in [-0.39, 0.29) is 5.91 Å². The maximum Gasteiger partial charge on any atom is 0.224 e. The fourth-order valence-corrected chi connectivity index (χ4v) is 2.56. The number of aromatic nitrogens is 3. The highest BCUT2D eigenvalue weighted by Crippen LogP contribution is 2.17. The zero-order valence-electron chi connectivity index (χ0n) is 12.3. The SMILES string of the molecule is Cc1ccc(CC(=O)NCc2nnc3n2CCOC3)cc1Cl. The molecule has 1 aliphatic heterocycles. The highest BCUT2D eigenvalue weighted by molar-refractivity contribution is 6.31. The summed E-state index contributed by atoms with van der Waals surface area (Å²) in [6.45, 7) is 4.15. The summed E-state index contributed by atoms with van der Waals surface area (Å²) in [5.41, 5.74) is 1.90. The van der Waals surface area contributed by atoms with E-state index in [1.807, 2.05) is 29.7 Å². The number of hydrogen-bond acceptors (Lipinski definition) is 4. The average molecular weight is 321 g/mol. The first-order valence-electron chi connectivity index (χ1n) is 7.14. The first-order chi connectivity index (χ1) is 10.6. The molecule has 0 saturated heterocycles. The van der Waals surface area contributed by atoms with Crippen molar-refractivity contribution in [2.45, 2.75) is 33.0 Å². The summed E-state index contributed by atoms with van der Waals surface area (Å²) in [6, 6.07) is 5.66. The Balaban J connectivity index is 1.58. The number of nitrogens with one attached hydrogen (secondary N) is 1. The van der Waals surface area contributed by atoms with Crippen molar-refractivity contribution in [1.29, 1.82) is 0 Å². The third-order valence-electron chi connectivity index (χ3n) is 3.64. The maximum absolute atomic E-state index is 12.0. The minimum absolute atomic E-state index is 0.0654. The van der Waals surface area contributed by atoms with Crippen molar-refractivity contribution < 1.29 is 9.53 Å². The second-order valence-corrected chi connectivity index (χ2v) is 5.68. The van der Waals surface area contributed by atoms with Gasteiger partial charge in [-0.3, -0.25) is 4.79 Å². The van der Waals surface area contributed by atoms with Crippen LogP contribution in [0.1, 0.15) is 22.8 Å². The monoisotopic (exact) mass is 320 g/mol. The number of rotatable bonds is 4. The minimum atomic E-state index is -0.0654. The van der Waals surface area contributed by atoms with Gasteiger partial charge in [-0.15, -0.1) is 10.2 Å². The van der Waals surface area contributed by atoms with E-state index >= 15 is 0 Å². The Kier molecular flexibility index (Phi) is 4.40. The lowest BCUT2D eigenvalue weighted by atomic mass is 10.1. The molecule has 0 fully saturated rings. The van der Waals surface area contributed by atoms with Crippen LogP contribution in [0, 0.1) is 6.92 Å². The van der Waals surface area contributed by atoms with Crippen molar-refractivity contribution in [3.05, 3.63) is 46.0 Å². The van der Waals surface area contributed by atoms with Gasteiger partial charge < -0.3 is 14.6 Å². The summed E-state index contributed by atoms with van der Waals surface area (Å²) in [4.78, 5) is 12.0. The summed E-state index contributed by atoms with van der Waals surface area (Å²) in [7, 11) is 0. The standard InChI is InChI=1S/C15H17ClN4O2/c1-10-2-3-11(6-12(10)16)7-15(21)17-8-13-18-19-14-9-22-5-4-20(13)14/h2-3,6H,4-5,7-9H2,1H3,(H,17,21). The topological polar surface area (TPSA) is 69.0 Å². The molecule has 2 heterocycles. The number of benzene rings is 1. The molecule has 0 bridgehead atoms. The number of carbonyl (C=O) groups excluding carboxylic acids is 1. The molecule has 7 heteroatoms. The number of amides is 1. The van der Waals surface area contributed by atoms with Gasteiger partial charge in [0.1, 0.15) is 6.61 Å². The third kappa shape index (κ3) is 3.28. The normalized spacial score (nSPS) is 13.7. The zero-order valence-corrected chi connectivity index (χ0v) is 13.1. The van der Waals surface area contributed by atoms with E-state index in [1.54, 1.807) is 0 Å². The van der Waals surface area contributed by atoms with Gasteiger partial charge >= 0.3 is 0 Å². The second kappa shape index (κ2) is 6.46. The summed E-state index contributed by atoms with van der Waals surface area (Å²) in [5.74, 6) is 1.50. The smallest absolute Gasteiger partial charge is 0.224 e. The maximum atomic E-state index is 12.0. The molecule has 1 aromatic carbocycles. The van der Waals surface area contributed by atoms with Gasteiger partial charge in [0.2, 0.25) is 5.91 Å². The van der Waals surface area contributed by atoms with E-state index in [2.05, 4.69) is 15.5 Å². The van der Waals surface area contributed by atoms with Crippen LogP contribution in [0.3, 0.4) is 0 Å². The summed E-state index contributed by atoms with van der Waals surface area (Å²) >= 11 is 6.07. The van der Waals surface area contributed by atoms with Crippen molar-refractivity contribution in [2.75, 3.05) is 6.61 Å². The Morgan fingerprint density at radius 1 is 1.45 bits per heavy atom. The molecule has 116 valence electrons. The Labute approximate surface area is 133 Å². The van der Waals surface area contributed by atoms with Gasteiger partial charge in [-0.2, -0.15) is 0 Å². The molecule has 0 unspecified atom stereocenters.